The molecule has 8 rings (SSSR count). The number of nitrogens with zero attached hydrogens (tertiary/aromatic N) is 5. The third kappa shape index (κ3) is 6.51. The van der Waals surface area contributed by atoms with Gasteiger partial charge in [-0.1, -0.05) is 139 Å². The van der Waals surface area contributed by atoms with Gasteiger partial charge in [0.1, 0.15) is 0 Å². The minimum Gasteiger partial charge on any atom is -0.261 e. The summed E-state index contributed by atoms with van der Waals surface area (Å²) in [6.07, 6.45) is 5.18. The predicted octanol–water partition coefficient (Wildman–Crippen LogP) is 10.6. The van der Waals surface area contributed by atoms with Crippen LogP contribution in [0.15, 0.2) is 170 Å². The highest BCUT2D eigenvalue weighted by molar-refractivity contribution is 5.80. The topological polar surface area (TPSA) is 64.5 Å². The van der Waals surface area contributed by atoms with E-state index in [0.717, 1.165) is 61.3 Å². The molecule has 0 N–H and O–H groups in total. The quantitative estimate of drug-likeness (QED) is 0.175. The second-order valence-electron chi connectivity index (χ2n) is 11.9. The van der Waals surface area contributed by atoms with E-state index in [1.807, 2.05) is 12.1 Å². The van der Waals surface area contributed by atoms with Gasteiger partial charge in [0.25, 0.3) is 0 Å². The number of benzene rings is 6. The first kappa shape index (κ1) is 29.8. The Bertz CT molecular complexity index is 2240. The van der Waals surface area contributed by atoms with E-state index in [1.54, 1.807) is 18.6 Å². The van der Waals surface area contributed by atoms with Crippen LogP contribution < -0.4 is 0 Å². The summed E-state index contributed by atoms with van der Waals surface area (Å²) in [4.78, 5) is 24.2. The van der Waals surface area contributed by atoms with Crippen LogP contribution in [-0.4, -0.2) is 24.9 Å². The Morgan fingerprint density at radius 1 is 0.347 bits per heavy atom. The SMILES string of the molecule is Cc1ccc(-c2cc(-c3cnccn3)cc(-c3nc(-c4ccc(-c5ccccc5)cc4)nc(-c4ccc(-c5ccccc5)cc4)n3)c2)cc1. The van der Waals surface area contributed by atoms with Crippen molar-refractivity contribution in [2.75, 3.05) is 0 Å². The van der Waals surface area contributed by atoms with E-state index in [4.69, 9.17) is 15.0 Å². The molecule has 2 aromatic heterocycles. The molecule has 0 amide bonds. The van der Waals surface area contributed by atoms with E-state index in [2.05, 4.69) is 156 Å². The summed E-state index contributed by atoms with van der Waals surface area (Å²) in [6.45, 7) is 2.10. The Labute approximate surface area is 285 Å². The molecule has 5 heteroatoms. The van der Waals surface area contributed by atoms with E-state index < -0.39 is 0 Å². The molecule has 0 saturated carbocycles. The number of aromatic nitrogens is 5. The molecule has 0 spiro atoms. The van der Waals surface area contributed by atoms with Crippen LogP contribution in [0.4, 0.5) is 0 Å². The number of rotatable bonds is 7. The molecule has 0 atom stereocenters. The molecule has 0 bridgehead atoms. The smallest absolute Gasteiger partial charge is 0.164 e. The van der Waals surface area contributed by atoms with Crippen LogP contribution in [0.1, 0.15) is 5.56 Å². The van der Waals surface area contributed by atoms with Crippen molar-refractivity contribution in [3.63, 3.8) is 0 Å². The van der Waals surface area contributed by atoms with Crippen LogP contribution in [0.2, 0.25) is 0 Å². The van der Waals surface area contributed by atoms with Crippen molar-refractivity contribution < 1.29 is 0 Å². The van der Waals surface area contributed by atoms with E-state index in [-0.39, 0.29) is 0 Å². The van der Waals surface area contributed by atoms with Crippen LogP contribution in [0.3, 0.4) is 0 Å². The summed E-state index contributed by atoms with van der Waals surface area (Å²) in [6, 6.07) is 52.4. The van der Waals surface area contributed by atoms with Gasteiger partial charge in [-0.2, -0.15) is 0 Å². The molecule has 0 saturated heterocycles. The zero-order chi connectivity index (χ0) is 33.0. The molecule has 0 aliphatic rings. The Hall–Kier alpha value is -6.59. The molecule has 0 aliphatic heterocycles. The maximum absolute atomic E-state index is 5.09. The van der Waals surface area contributed by atoms with Crippen molar-refractivity contribution in [3.8, 4) is 78.8 Å². The highest BCUT2D eigenvalue weighted by Crippen LogP contribution is 2.33. The Balaban J connectivity index is 1.28. The average molecular weight is 630 g/mol. The number of hydrogen-bond acceptors (Lipinski definition) is 5. The van der Waals surface area contributed by atoms with Gasteiger partial charge in [0, 0.05) is 34.6 Å². The fraction of sp³-hybridized carbons (Fsp3) is 0.0227. The summed E-state index contributed by atoms with van der Waals surface area (Å²) >= 11 is 0. The van der Waals surface area contributed by atoms with E-state index in [1.165, 1.54) is 5.56 Å². The predicted molar refractivity (Wildman–Crippen MR) is 198 cm³/mol. The third-order valence-electron chi connectivity index (χ3n) is 8.57. The molecule has 49 heavy (non-hydrogen) atoms. The standard InChI is InChI=1S/C44H31N5/c1-30-12-14-35(15-13-30)38-26-39(41-29-45-24-25-46-41)28-40(27-38)44-48-42(36-20-16-33(17-21-36)31-8-4-2-5-9-31)47-43(49-44)37-22-18-34(19-23-37)32-10-6-3-7-11-32/h2-29H,1H3. The average Bonchev–Trinajstić information content (AvgIpc) is 3.19. The zero-order valence-corrected chi connectivity index (χ0v) is 26.9. The Morgan fingerprint density at radius 2 is 0.755 bits per heavy atom. The molecule has 2 heterocycles. The zero-order valence-electron chi connectivity index (χ0n) is 26.9. The normalized spacial score (nSPS) is 11.0. The van der Waals surface area contributed by atoms with Crippen LogP contribution in [0, 0.1) is 6.92 Å². The van der Waals surface area contributed by atoms with Crippen molar-refractivity contribution in [1.82, 2.24) is 24.9 Å². The molecular formula is C44H31N5. The van der Waals surface area contributed by atoms with Gasteiger partial charge in [-0.15, -0.1) is 0 Å². The minimum atomic E-state index is 0.582. The Morgan fingerprint density at radius 3 is 1.27 bits per heavy atom. The van der Waals surface area contributed by atoms with Gasteiger partial charge in [0.05, 0.1) is 11.9 Å². The van der Waals surface area contributed by atoms with Crippen LogP contribution in [0.25, 0.3) is 78.8 Å². The highest BCUT2D eigenvalue weighted by atomic mass is 15.0. The van der Waals surface area contributed by atoms with Crippen molar-refractivity contribution in [3.05, 3.63) is 176 Å². The van der Waals surface area contributed by atoms with Gasteiger partial charge in [-0.05, 0) is 58.5 Å². The number of hydrogen-bond donors (Lipinski definition) is 0. The lowest BCUT2D eigenvalue weighted by atomic mass is 9.97. The lowest BCUT2D eigenvalue weighted by Crippen LogP contribution is -2.01. The molecule has 6 aromatic carbocycles. The first-order valence-corrected chi connectivity index (χ1v) is 16.2. The van der Waals surface area contributed by atoms with Gasteiger partial charge in [0.2, 0.25) is 0 Å². The lowest BCUT2D eigenvalue weighted by Gasteiger charge is -2.12. The minimum absolute atomic E-state index is 0.582. The summed E-state index contributed by atoms with van der Waals surface area (Å²) in [7, 11) is 0. The monoisotopic (exact) mass is 629 g/mol. The van der Waals surface area contributed by atoms with Gasteiger partial charge >= 0.3 is 0 Å². The summed E-state index contributed by atoms with van der Waals surface area (Å²) < 4.78 is 0. The summed E-state index contributed by atoms with van der Waals surface area (Å²) in [5.74, 6) is 1.79. The Kier molecular flexibility index (Phi) is 8.06. The van der Waals surface area contributed by atoms with Gasteiger partial charge < -0.3 is 0 Å². The lowest BCUT2D eigenvalue weighted by molar-refractivity contribution is 1.07. The fourth-order valence-electron chi connectivity index (χ4n) is 5.91. The highest BCUT2D eigenvalue weighted by Gasteiger charge is 2.16. The molecule has 232 valence electrons. The van der Waals surface area contributed by atoms with Crippen molar-refractivity contribution in [2.24, 2.45) is 0 Å². The van der Waals surface area contributed by atoms with Crippen LogP contribution in [0.5, 0.6) is 0 Å². The molecule has 0 aliphatic carbocycles. The second kappa shape index (κ2) is 13.3. The van der Waals surface area contributed by atoms with Crippen molar-refractivity contribution in [2.45, 2.75) is 6.92 Å². The molecule has 0 unspecified atom stereocenters. The van der Waals surface area contributed by atoms with E-state index >= 15 is 0 Å². The van der Waals surface area contributed by atoms with Gasteiger partial charge in [-0.25, -0.2) is 15.0 Å². The molecular weight excluding hydrogens is 599 g/mol. The van der Waals surface area contributed by atoms with E-state index in [0.29, 0.717) is 17.5 Å². The molecule has 5 nitrogen and oxygen atoms in total. The van der Waals surface area contributed by atoms with Crippen LogP contribution in [-0.2, 0) is 0 Å². The second-order valence-corrected chi connectivity index (χ2v) is 11.9. The first-order chi connectivity index (χ1) is 24.2. The number of aryl methyl sites for hydroxylation is 1. The van der Waals surface area contributed by atoms with Crippen molar-refractivity contribution >= 4 is 0 Å². The van der Waals surface area contributed by atoms with Crippen LogP contribution >= 0.6 is 0 Å². The van der Waals surface area contributed by atoms with Crippen molar-refractivity contribution in [1.29, 1.82) is 0 Å². The fourth-order valence-corrected chi connectivity index (χ4v) is 5.91. The molecule has 8 aromatic rings. The summed E-state index contributed by atoms with van der Waals surface area (Å²) in [5.41, 5.74) is 12.3. The third-order valence-corrected chi connectivity index (χ3v) is 8.57. The molecule has 0 radical (unpaired) electrons. The first-order valence-electron chi connectivity index (χ1n) is 16.2. The maximum Gasteiger partial charge on any atom is 0.164 e. The summed E-state index contributed by atoms with van der Waals surface area (Å²) in [5, 5.41) is 0. The van der Waals surface area contributed by atoms with Gasteiger partial charge in [-0.3, -0.25) is 9.97 Å². The van der Waals surface area contributed by atoms with E-state index in [9.17, 15) is 0 Å². The maximum atomic E-state index is 5.09. The molecule has 0 fully saturated rings. The van der Waals surface area contributed by atoms with Gasteiger partial charge in [0.15, 0.2) is 17.5 Å². The largest absolute Gasteiger partial charge is 0.261 e.